The summed E-state index contributed by atoms with van der Waals surface area (Å²) in [5.74, 6) is -0.915. The number of rotatable bonds is 10. The maximum atomic E-state index is 15.2. The van der Waals surface area contributed by atoms with Crippen LogP contribution in [0, 0.1) is 5.82 Å². The summed E-state index contributed by atoms with van der Waals surface area (Å²) in [5.41, 5.74) is 5.38. The molecule has 0 atom stereocenters. The fourth-order valence-electron chi connectivity index (χ4n) is 3.69. The lowest BCUT2D eigenvalue weighted by Crippen LogP contribution is -2.03. The number of hydrogen-bond donors (Lipinski definition) is 1. The summed E-state index contributed by atoms with van der Waals surface area (Å²) >= 11 is 0. The van der Waals surface area contributed by atoms with Crippen LogP contribution in [-0.4, -0.2) is 11.1 Å². The Kier molecular flexibility index (Phi) is 8.34. The summed E-state index contributed by atoms with van der Waals surface area (Å²) in [7, 11) is 0. The Balaban J connectivity index is 1.86. The number of aliphatic hydroxyl groups is 1. The first kappa shape index (κ1) is 23.4. The van der Waals surface area contributed by atoms with Crippen molar-refractivity contribution in [1.82, 2.24) is 0 Å². The van der Waals surface area contributed by atoms with Gasteiger partial charge in [0.05, 0.1) is 6.61 Å². The molecule has 32 heavy (non-hydrogen) atoms. The molecular formula is C28H29FO3. The fourth-order valence-corrected chi connectivity index (χ4v) is 3.69. The number of benzene rings is 3. The van der Waals surface area contributed by atoms with Gasteiger partial charge in [-0.1, -0.05) is 74.9 Å². The Hall–Kier alpha value is -3.24. The fraction of sp³-hybridized carbons (Fsp3) is 0.250. The van der Waals surface area contributed by atoms with Crippen molar-refractivity contribution in [3.63, 3.8) is 0 Å². The summed E-state index contributed by atoms with van der Waals surface area (Å²) in [6.07, 6.45) is 5.75. The van der Waals surface area contributed by atoms with Crippen molar-refractivity contribution < 1.29 is 19.0 Å². The number of aryl methyl sites for hydroxylation is 1. The van der Waals surface area contributed by atoms with Crippen molar-refractivity contribution in [3.05, 3.63) is 95.8 Å². The predicted molar refractivity (Wildman–Crippen MR) is 126 cm³/mol. The molecule has 0 aliphatic rings. The van der Waals surface area contributed by atoms with Gasteiger partial charge in [-0.15, -0.1) is 0 Å². The smallest absolute Gasteiger partial charge is 0.330 e. The molecule has 0 amide bonds. The van der Waals surface area contributed by atoms with E-state index in [-0.39, 0.29) is 19.0 Å². The Morgan fingerprint density at radius 2 is 1.66 bits per heavy atom. The van der Waals surface area contributed by atoms with Gasteiger partial charge in [0.25, 0.3) is 0 Å². The Morgan fingerprint density at radius 1 is 0.969 bits per heavy atom. The highest BCUT2D eigenvalue weighted by molar-refractivity contribution is 5.81. The van der Waals surface area contributed by atoms with Crippen LogP contribution >= 0.6 is 0 Å². The molecule has 3 rings (SSSR count). The normalized spacial score (nSPS) is 10.7. The van der Waals surface area contributed by atoms with Crippen LogP contribution in [0.5, 0.6) is 0 Å². The highest BCUT2D eigenvalue weighted by Gasteiger charge is 2.13. The minimum atomic E-state index is -0.556. The molecule has 0 saturated heterocycles. The van der Waals surface area contributed by atoms with Crippen molar-refractivity contribution in [2.75, 3.05) is 0 Å². The van der Waals surface area contributed by atoms with Gasteiger partial charge in [0.2, 0.25) is 0 Å². The van der Waals surface area contributed by atoms with E-state index in [1.807, 2.05) is 18.2 Å². The van der Waals surface area contributed by atoms with Crippen molar-refractivity contribution in [2.45, 2.75) is 45.8 Å². The predicted octanol–water partition coefficient (Wildman–Crippen LogP) is 6.61. The third kappa shape index (κ3) is 5.92. The number of aliphatic hydroxyl groups excluding tert-OH is 1. The summed E-state index contributed by atoms with van der Waals surface area (Å²) < 4.78 is 20.3. The molecule has 0 bridgehead atoms. The first-order chi connectivity index (χ1) is 15.5. The minimum Gasteiger partial charge on any atom is -0.458 e. The molecular weight excluding hydrogens is 403 g/mol. The lowest BCUT2D eigenvalue weighted by Gasteiger charge is -2.13. The van der Waals surface area contributed by atoms with E-state index < -0.39 is 5.97 Å². The molecule has 0 saturated carbocycles. The number of carbonyl (C=O) groups is 1. The van der Waals surface area contributed by atoms with E-state index in [1.165, 1.54) is 30.9 Å². The van der Waals surface area contributed by atoms with Crippen molar-refractivity contribution in [2.24, 2.45) is 0 Å². The molecule has 1 N–H and O–H groups in total. The van der Waals surface area contributed by atoms with Crippen molar-refractivity contribution in [3.8, 4) is 22.3 Å². The molecule has 0 aliphatic carbocycles. The van der Waals surface area contributed by atoms with Crippen LogP contribution in [0.4, 0.5) is 4.39 Å². The Bertz CT molecular complexity index is 1070. The first-order valence-corrected chi connectivity index (χ1v) is 11.0. The maximum absolute atomic E-state index is 15.2. The standard InChI is InChI=1S/C28H29FO3/c1-3-5-6-7-20-8-11-22(12-9-20)23-13-15-26(27(29)17-23)25-14-10-21(18-30)16-24(25)19-32-28(31)4-2/h4,8-17,30H,2-3,5-7,18-19H2,1H3. The van der Waals surface area contributed by atoms with Gasteiger partial charge in [0, 0.05) is 11.6 Å². The second-order valence-electron chi connectivity index (χ2n) is 7.81. The van der Waals surface area contributed by atoms with E-state index in [1.54, 1.807) is 24.3 Å². The second-order valence-corrected chi connectivity index (χ2v) is 7.81. The number of esters is 1. The van der Waals surface area contributed by atoms with Crippen LogP contribution in [0.15, 0.2) is 73.3 Å². The Morgan fingerprint density at radius 3 is 2.31 bits per heavy atom. The number of halogens is 1. The maximum Gasteiger partial charge on any atom is 0.330 e. The topological polar surface area (TPSA) is 46.5 Å². The molecule has 3 nitrogen and oxygen atoms in total. The van der Waals surface area contributed by atoms with E-state index >= 15 is 4.39 Å². The molecule has 0 fully saturated rings. The van der Waals surface area contributed by atoms with Crippen LogP contribution in [0.3, 0.4) is 0 Å². The van der Waals surface area contributed by atoms with Crippen LogP contribution in [-0.2, 0) is 29.2 Å². The number of unbranched alkanes of at least 4 members (excludes halogenated alkanes) is 2. The van der Waals surface area contributed by atoms with E-state index in [4.69, 9.17) is 4.74 Å². The van der Waals surface area contributed by atoms with Gasteiger partial charge in [-0.3, -0.25) is 0 Å². The van der Waals surface area contributed by atoms with Crippen molar-refractivity contribution >= 4 is 5.97 Å². The van der Waals surface area contributed by atoms with Crippen LogP contribution in [0.1, 0.15) is 42.9 Å². The first-order valence-electron chi connectivity index (χ1n) is 11.0. The summed E-state index contributed by atoms with van der Waals surface area (Å²) in [4.78, 5) is 11.5. The van der Waals surface area contributed by atoms with E-state index in [9.17, 15) is 9.90 Å². The van der Waals surface area contributed by atoms with E-state index in [0.717, 1.165) is 23.6 Å². The monoisotopic (exact) mass is 432 g/mol. The molecule has 0 aromatic heterocycles. The summed E-state index contributed by atoms with van der Waals surface area (Å²) in [6.45, 7) is 5.40. The molecule has 0 aliphatic heterocycles. The molecule has 0 spiro atoms. The number of carbonyl (C=O) groups excluding carboxylic acids is 1. The van der Waals surface area contributed by atoms with Crippen LogP contribution in [0.2, 0.25) is 0 Å². The second kappa shape index (κ2) is 11.4. The zero-order chi connectivity index (χ0) is 22.9. The van der Waals surface area contributed by atoms with E-state index in [0.29, 0.717) is 22.3 Å². The molecule has 0 heterocycles. The average molecular weight is 433 g/mol. The molecule has 0 unspecified atom stereocenters. The average Bonchev–Trinajstić information content (AvgIpc) is 2.83. The van der Waals surface area contributed by atoms with Crippen LogP contribution in [0.25, 0.3) is 22.3 Å². The van der Waals surface area contributed by atoms with Gasteiger partial charge < -0.3 is 9.84 Å². The Labute approximate surface area is 189 Å². The molecule has 4 heteroatoms. The summed E-state index contributed by atoms with van der Waals surface area (Å²) in [5, 5.41) is 9.45. The van der Waals surface area contributed by atoms with Gasteiger partial charge in [0.1, 0.15) is 12.4 Å². The van der Waals surface area contributed by atoms with Crippen LogP contribution < -0.4 is 0 Å². The van der Waals surface area contributed by atoms with Crippen molar-refractivity contribution in [1.29, 1.82) is 0 Å². The largest absolute Gasteiger partial charge is 0.458 e. The van der Waals surface area contributed by atoms with E-state index in [2.05, 4.69) is 25.6 Å². The zero-order valence-corrected chi connectivity index (χ0v) is 18.4. The highest BCUT2D eigenvalue weighted by atomic mass is 19.1. The molecule has 3 aromatic rings. The van der Waals surface area contributed by atoms with Gasteiger partial charge >= 0.3 is 5.97 Å². The quantitative estimate of drug-likeness (QED) is 0.223. The highest BCUT2D eigenvalue weighted by Crippen LogP contribution is 2.31. The third-order valence-electron chi connectivity index (χ3n) is 5.50. The van der Waals surface area contributed by atoms with Gasteiger partial charge in [-0.25, -0.2) is 9.18 Å². The molecule has 3 aromatic carbocycles. The van der Waals surface area contributed by atoms with Gasteiger partial charge in [-0.2, -0.15) is 0 Å². The third-order valence-corrected chi connectivity index (χ3v) is 5.50. The minimum absolute atomic E-state index is 0.0330. The number of hydrogen-bond acceptors (Lipinski definition) is 3. The lowest BCUT2D eigenvalue weighted by atomic mass is 9.95. The van der Waals surface area contributed by atoms with Gasteiger partial charge in [-0.05, 0) is 58.4 Å². The molecule has 0 radical (unpaired) electrons. The molecule has 166 valence electrons. The van der Waals surface area contributed by atoms with Gasteiger partial charge in [0.15, 0.2) is 0 Å². The summed E-state index contributed by atoms with van der Waals surface area (Å²) in [6, 6.07) is 18.6. The number of ether oxygens (including phenoxy) is 1. The zero-order valence-electron chi connectivity index (χ0n) is 18.4. The SMILES string of the molecule is C=CC(=O)OCc1cc(CO)ccc1-c1ccc(-c2ccc(CCCCC)cc2)cc1F. The lowest BCUT2D eigenvalue weighted by molar-refractivity contribution is -0.138.